The van der Waals surface area contributed by atoms with Crippen molar-refractivity contribution in [3.63, 3.8) is 0 Å². The zero-order valence-corrected chi connectivity index (χ0v) is 14.3. The van der Waals surface area contributed by atoms with Crippen LogP contribution in [0.4, 0.5) is 0 Å². The third-order valence-electron chi connectivity index (χ3n) is 5.35. The van der Waals surface area contributed by atoms with Gasteiger partial charge in [0.2, 0.25) is 0 Å². The first-order chi connectivity index (χ1) is 9.83. The van der Waals surface area contributed by atoms with E-state index in [1.165, 1.54) is 70.1 Å². The number of thioether (sulfide) groups is 1. The molecular formula is C17H33NOS. The summed E-state index contributed by atoms with van der Waals surface area (Å²) in [4.78, 5) is 0. The Bertz CT molecular complexity index is 266. The van der Waals surface area contributed by atoms with Gasteiger partial charge in [-0.05, 0) is 57.6 Å². The molecular weight excluding hydrogens is 266 g/mol. The lowest BCUT2D eigenvalue weighted by atomic mass is 9.60. The summed E-state index contributed by atoms with van der Waals surface area (Å²) in [5, 5.41) is 3.85. The van der Waals surface area contributed by atoms with Gasteiger partial charge in [-0.3, -0.25) is 0 Å². The van der Waals surface area contributed by atoms with E-state index in [1.807, 2.05) is 11.8 Å². The Morgan fingerprint density at radius 1 is 1.15 bits per heavy atom. The van der Waals surface area contributed by atoms with Crippen molar-refractivity contribution < 1.29 is 4.74 Å². The molecule has 118 valence electrons. The second kappa shape index (κ2) is 8.65. The van der Waals surface area contributed by atoms with Gasteiger partial charge >= 0.3 is 0 Å². The van der Waals surface area contributed by atoms with Crippen LogP contribution in [0.5, 0.6) is 0 Å². The van der Waals surface area contributed by atoms with Crippen molar-refractivity contribution in [1.29, 1.82) is 0 Å². The van der Waals surface area contributed by atoms with Crippen molar-refractivity contribution in [2.75, 3.05) is 25.2 Å². The summed E-state index contributed by atoms with van der Waals surface area (Å²) in [5.74, 6) is 1.33. The highest BCUT2D eigenvalue weighted by atomic mass is 32.2. The standard InChI is InChI=1S/C17H33NOS/c1-3-19-16-14-15(17(16)10-6-7-11-17)18-12-8-4-5-9-13-20-2/h15-16,18H,3-14H2,1-2H3. The summed E-state index contributed by atoms with van der Waals surface area (Å²) in [6.45, 7) is 4.23. The molecule has 2 fully saturated rings. The van der Waals surface area contributed by atoms with Crippen LogP contribution in [-0.2, 0) is 4.74 Å². The average Bonchev–Trinajstić information content (AvgIpc) is 2.96. The smallest absolute Gasteiger partial charge is 0.0661 e. The van der Waals surface area contributed by atoms with Gasteiger partial charge in [0, 0.05) is 18.1 Å². The van der Waals surface area contributed by atoms with Gasteiger partial charge in [-0.1, -0.05) is 25.7 Å². The summed E-state index contributed by atoms with van der Waals surface area (Å²) >= 11 is 1.97. The third kappa shape index (κ3) is 3.92. The van der Waals surface area contributed by atoms with E-state index in [-0.39, 0.29) is 0 Å². The van der Waals surface area contributed by atoms with E-state index in [2.05, 4.69) is 18.5 Å². The van der Waals surface area contributed by atoms with Gasteiger partial charge < -0.3 is 10.1 Å². The Balaban J connectivity index is 1.61. The third-order valence-corrected chi connectivity index (χ3v) is 6.05. The van der Waals surface area contributed by atoms with E-state index in [1.54, 1.807) is 0 Å². The highest BCUT2D eigenvalue weighted by Gasteiger charge is 2.56. The molecule has 0 saturated heterocycles. The highest BCUT2D eigenvalue weighted by Crippen LogP contribution is 2.54. The predicted molar refractivity (Wildman–Crippen MR) is 89.6 cm³/mol. The van der Waals surface area contributed by atoms with Crippen LogP contribution in [0.15, 0.2) is 0 Å². The maximum absolute atomic E-state index is 5.98. The molecule has 0 aromatic rings. The molecule has 2 unspecified atom stereocenters. The van der Waals surface area contributed by atoms with Crippen molar-refractivity contribution in [2.24, 2.45) is 5.41 Å². The minimum atomic E-state index is 0.509. The van der Waals surface area contributed by atoms with Crippen molar-refractivity contribution in [3.8, 4) is 0 Å². The zero-order valence-electron chi connectivity index (χ0n) is 13.5. The topological polar surface area (TPSA) is 21.3 Å². The zero-order chi connectivity index (χ0) is 14.3. The fourth-order valence-corrected chi connectivity index (χ4v) is 4.67. The van der Waals surface area contributed by atoms with E-state index < -0.39 is 0 Å². The molecule has 0 radical (unpaired) electrons. The van der Waals surface area contributed by atoms with Gasteiger partial charge in [-0.25, -0.2) is 0 Å². The number of hydrogen-bond acceptors (Lipinski definition) is 3. The lowest BCUT2D eigenvalue weighted by molar-refractivity contribution is -0.130. The molecule has 0 heterocycles. The maximum atomic E-state index is 5.98. The fourth-order valence-electron chi connectivity index (χ4n) is 4.17. The van der Waals surface area contributed by atoms with Crippen LogP contribution >= 0.6 is 11.8 Å². The Morgan fingerprint density at radius 3 is 2.60 bits per heavy atom. The molecule has 2 rings (SSSR count). The number of nitrogens with one attached hydrogen (secondary N) is 1. The Morgan fingerprint density at radius 2 is 1.90 bits per heavy atom. The van der Waals surface area contributed by atoms with Crippen LogP contribution in [-0.4, -0.2) is 37.3 Å². The second-order valence-electron chi connectivity index (χ2n) is 6.53. The molecule has 2 atom stereocenters. The van der Waals surface area contributed by atoms with Crippen LogP contribution in [0.2, 0.25) is 0 Å². The Labute approximate surface area is 129 Å². The van der Waals surface area contributed by atoms with E-state index in [0.29, 0.717) is 11.5 Å². The van der Waals surface area contributed by atoms with Crippen molar-refractivity contribution in [3.05, 3.63) is 0 Å². The fraction of sp³-hybridized carbons (Fsp3) is 1.00. The molecule has 0 amide bonds. The van der Waals surface area contributed by atoms with Crippen molar-refractivity contribution in [2.45, 2.75) is 76.9 Å². The predicted octanol–water partition coefficient (Wildman–Crippen LogP) is 4.24. The van der Waals surface area contributed by atoms with Gasteiger partial charge in [-0.2, -0.15) is 11.8 Å². The first-order valence-corrected chi connectivity index (χ1v) is 10.1. The molecule has 2 nitrogen and oxygen atoms in total. The second-order valence-corrected chi connectivity index (χ2v) is 7.52. The van der Waals surface area contributed by atoms with E-state index >= 15 is 0 Å². The van der Waals surface area contributed by atoms with Crippen LogP contribution < -0.4 is 5.32 Å². The minimum Gasteiger partial charge on any atom is -0.378 e. The molecule has 1 spiro atoms. The summed E-state index contributed by atoms with van der Waals surface area (Å²) in [7, 11) is 0. The van der Waals surface area contributed by atoms with Gasteiger partial charge in [0.25, 0.3) is 0 Å². The molecule has 3 heteroatoms. The number of hydrogen-bond donors (Lipinski definition) is 1. The number of rotatable bonds is 10. The number of ether oxygens (including phenoxy) is 1. The molecule has 1 N–H and O–H groups in total. The van der Waals surface area contributed by atoms with E-state index in [9.17, 15) is 0 Å². The SMILES string of the molecule is CCOC1CC(NCCCCCCSC)C12CCCC2. The average molecular weight is 300 g/mol. The van der Waals surface area contributed by atoms with Crippen LogP contribution in [0.25, 0.3) is 0 Å². The van der Waals surface area contributed by atoms with Crippen molar-refractivity contribution >= 4 is 11.8 Å². The molecule has 2 aliphatic rings. The quantitative estimate of drug-likeness (QED) is 0.610. The molecule has 0 aromatic heterocycles. The maximum Gasteiger partial charge on any atom is 0.0661 e. The Kier molecular flexibility index (Phi) is 7.20. The summed E-state index contributed by atoms with van der Waals surface area (Å²) in [6.07, 6.45) is 15.1. The lowest BCUT2D eigenvalue weighted by Crippen LogP contribution is -2.62. The van der Waals surface area contributed by atoms with Gasteiger partial charge in [0.1, 0.15) is 0 Å². The van der Waals surface area contributed by atoms with E-state index in [0.717, 1.165) is 12.6 Å². The van der Waals surface area contributed by atoms with Crippen LogP contribution in [0.1, 0.15) is 64.7 Å². The number of unbranched alkanes of at least 4 members (excludes halogenated alkanes) is 3. The lowest BCUT2D eigenvalue weighted by Gasteiger charge is -2.54. The van der Waals surface area contributed by atoms with Gasteiger partial charge in [0.15, 0.2) is 0 Å². The molecule has 2 aliphatic carbocycles. The van der Waals surface area contributed by atoms with Crippen molar-refractivity contribution in [1.82, 2.24) is 5.32 Å². The summed E-state index contributed by atoms with van der Waals surface area (Å²) in [6, 6.07) is 0.743. The molecule has 0 bridgehead atoms. The van der Waals surface area contributed by atoms with Gasteiger partial charge in [-0.15, -0.1) is 0 Å². The van der Waals surface area contributed by atoms with Gasteiger partial charge in [0.05, 0.1) is 6.10 Å². The van der Waals surface area contributed by atoms with Crippen LogP contribution in [0, 0.1) is 5.41 Å². The molecule has 0 aliphatic heterocycles. The van der Waals surface area contributed by atoms with E-state index in [4.69, 9.17) is 4.74 Å². The molecule has 20 heavy (non-hydrogen) atoms. The molecule has 2 saturated carbocycles. The summed E-state index contributed by atoms with van der Waals surface area (Å²) < 4.78 is 5.98. The minimum absolute atomic E-state index is 0.509. The Hall–Kier alpha value is 0.270. The normalized spacial score (nSPS) is 27.9. The monoisotopic (exact) mass is 299 g/mol. The molecule has 0 aromatic carbocycles. The first kappa shape index (κ1) is 16.6. The first-order valence-electron chi connectivity index (χ1n) is 8.67. The summed E-state index contributed by atoms with van der Waals surface area (Å²) in [5.41, 5.74) is 0.509. The van der Waals surface area contributed by atoms with Crippen LogP contribution in [0.3, 0.4) is 0 Å². The highest BCUT2D eigenvalue weighted by molar-refractivity contribution is 7.98. The largest absolute Gasteiger partial charge is 0.378 e.